The zero-order chi connectivity index (χ0) is 8.65. The summed E-state index contributed by atoms with van der Waals surface area (Å²) in [5.41, 5.74) is 1.12. The second-order valence-corrected chi connectivity index (χ2v) is 5.56. The van der Waals surface area contributed by atoms with Crippen LogP contribution in [0.15, 0.2) is 10.5 Å². The van der Waals surface area contributed by atoms with Crippen molar-refractivity contribution in [1.82, 2.24) is 0 Å². The maximum atomic E-state index is 11.2. The van der Waals surface area contributed by atoms with Gasteiger partial charge in [-0.3, -0.25) is 0 Å². The molecule has 0 bridgehead atoms. The average molecular weight is 174 g/mol. The molecule has 11 heavy (non-hydrogen) atoms. The summed E-state index contributed by atoms with van der Waals surface area (Å²) in [6.45, 7) is 5.80. The van der Waals surface area contributed by atoms with E-state index in [1.807, 2.05) is 13.8 Å². The molecule has 0 unspecified atom stereocenters. The molecule has 0 amide bonds. The van der Waals surface area contributed by atoms with Gasteiger partial charge in [-0.15, -0.1) is 0 Å². The molecule has 0 aromatic heterocycles. The number of rotatable bonds is 1. The van der Waals surface area contributed by atoms with Gasteiger partial charge in [0.25, 0.3) is 0 Å². The zero-order valence-electron chi connectivity index (χ0n) is 7.22. The predicted octanol–water partition coefficient (Wildman–Crippen LogP) is 1.73. The Kier molecular flexibility index (Phi) is 2.10. The molecule has 0 spiro atoms. The van der Waals surface area contributed by atoms with Crippen LogP contribution in [0, 0.1) is 5.92 Å². The van der Waals surface area contributed by atoms with Crippen LogP contribution < -0.4 is 0 Å². The van der Waals surface area contributed by atoms with Gasteiger partial charge in [-0.25, -0.2) is 8.42 Å². The molecule has 0 radical (unpaired) electrons. The van der Waals surface area contributed by atoms with Crippen molar-refractivity contribution in [2.75, 3.05) is 5.75 Å². The van der Waals surface area contributed by atoms with Gasteiger partial charge in [0.2, 0.25) is 0 Å². The minimum atomic E-state index is -2.84. The summed E-state index contributed by atoms with van der Waals surface area (Å²) in [6, 6.07) is 0. The van der Waals surface area contributed by atoms with Crippen molar-refractivity contribution in [3.63, 3.8) is 0 Å². The van der Waals surface area contributed by atoms with Gasteiger partial charge < -0.3 is 0 Å². The van der Waals surface area contributed by atoms with Gasteiger partial charge in [-0.2, -0.15) is 0 Å². The third kappa shape index (κ3) is 1.48. The third-order valence-corrected chi connectivity index (χ3v) is 4.19. The molecule has 1 rings (SSSR count). The zero-order valence-corrected chi connectivity index (χ0v) is 8.03. The molecule has 64 valence electrons. The fraction of sp³-hybridized carbons (Fsp3) is 0.750. The Morgan fingerprint density at radius 3 is 2.09 bits per heavy atom. The lowest BCUT2D eigenvalue weighted by atomic mass is 10.0. The van der Waals surface area contributed by atoms with E-state index in [-0.39, 0.29) is 0 Å². The average Bonchev–Trinajstić information content (AvgIpc) is 2.09. The van der Waals surface area contributed by atoms with Gasteiger partial charge in [0.15, 0.2) is 9.84 Å². The largest absolute Gasteiger partial charge is 0.224 e. The summed E-state index contributed by atoms with van der Waals surface area (Å²) < 4.78 is 22.4. The Bertz CT molecular complexity index is 283. The minimum absolute atomic E-state index is 0.326. The van der Waals surface area contributed by atoms with Crippen molar-refractivity contribution in [3.05, 3.63) is 10.5 Å². The molecular weight excluding hydrogens is 160 g/mol. The van der Waals surface area contributed by atoms with Crippen LogP contribution in [0.1, 0.15) is 27.2 Å². The summed E-state index contributed by atoms with van der Waals surface area (Å²) in [6.07, 6.45) is 0.742. The molecule has 0 saturated carbocycles. The van der Waals surface area contributed by atoms with E-state index in [0.717, 1.165) is 12.0 Å². The first-order chi connectivity index (χ1) is 4.95. The van der Waals surface area contributed by atoms with E-state index in [2.05, 4.69) is 0 Å². The first-order valence-corrected chi connectivity index (χ1v) is 5.53. The highest BCUT2D eigenvalue weighted by Gasteiger charge is 2.26. The molecule has 3 heteroatoms. The molecule has 0 fully saturated rings. The SMILES string of the molecule is CC1=C(C(C)C)CCS1(=O)=O. The van der Waals surface area contributed by atoms with Gasteiger partial charge in [0.05, 0.1) is 5.75 Å². The minimum Gasteiger partial charge on any atom is -0.224 e. The molecule has 0 aromatic rings. The normalized spacial score (nSPS) is 23.3. The molecule has 1 aliphatic rings. The van der Waals surface area contributed by atoms with E-state index in [9.17, 15) is 8.42 Å². The van der Waals surface area contributed by atoms with Crippen LogP contribution in [0.5, 0.6) is 0 Å². The van der Waals surface area contributed by atoms with E-state index >= 15 is 0 Å². The Morgan fingerprint density at radius 2 is 1.91 bits per heavy atom. The summed E-state index contributed by atoms with van der Waals surface area (Å²) in [5.74, 6) is 0.707. The monoisotopic (exact) mass is 174 g/mol. The Labute approximate surface area is 68.2 Å². The topological polar surface area (TPSA) is 34.1 Å². The lowest BCUT2D eigenvalue weighted by Gasteiger charge is -2.04. The van der Waals surface area contributed by atoms with Crippen molar-refractivity contribution in [3.8, 4) is 0 Å². The van der Waals surface area contributed by atoms with Crippen molar-refractivity contribution in [1.29, 1.82) is 0 Å². The maximum Gasteiger partial charge on any atom is 0.174 e. The van der Waals surface area contributed by atoms with Crippen LogP contribution in [0.2, 0.25) is 0 Å². The van der Waals surface area contributed by atoms with E-state index in [0.29, 0.717) is 16.6 Å². The molecule has 0 aromatic carbocycles. The maximum absolute atomic E-state index is 11.2. The molecule has 1 heterocycles. The molecule has 2 nitrogen and oxygen atoms in total. The molecule has 0 aliphatic carbocycles. The molecule has 0 atom stereocenters. The van der Waals surface area contributed by atoms with Gasteiger partial charge in [-0.1, -0.05) is 19.4 Å². The van der Waals surface area contributed by atoms with Crippen molar-refractivity contribution >= 4 is 9.84 Å². The second kappa shape index (κ2) is 2.63. The van der Waals surface area contributed by atoms with Crippen LogP contribution in [0.25, 0.3) is 0 Å². The molecular formula is C8H14O2S. The van der Waals surface area contributed by atoms with Gasteiger partial charge in [0, 0.05) is 4.91 Å². The summed E-state index contributed by atoms with van der Waals surface area (Å²) in [4.78, 5) is 0.618. The lowest BCUT2D eigenvalue weighted by Crippen LogP contribution is -1.98. The van der Waals surface area contributed by atoms with E-state index in [4.69, 9.17) is 0 Å². The van der Waals surface area contributed by atoms with Crippen molar-refractivity contribution in [2.45, 2.75) is 27.2 Å². The highest BCUT2D eigenvalue weighted by Crippen LogP contribution is 2.29. The van der Waals surface area contributed by atoms with Gasteiger partial charge in [-0.05, 0) is 19.3 Å². The van der Waals surface area contributed by atoms with Gasteiger partial charge >= 0.3 is 0 Å². The van der Waals surface area contributed by atoms with Crippen LogP contribution in [-0.2, 0) is 9.84 Å². The lowest BCUT2D eigenvalue weighted by molar-refractivity contribution is 0.604. The smallest absolute Gasteiger partial charge is 0.174 e. The van der Waals surface area contributed by atoms with Crippen LogP contribution >= 0.6 is 0 Å². The Balaban J connectivity index is 3.09. The van der Waals surface area contributed by atoms with Crippen molar-refractivity contribution in [2.24, 2.45) is 5.92 Å². The summed E-state index contributed by atoms with van der Waals surface area (Å²) in [5, 5.41) is 0. The third-order valence-electron chi connectivity index (χ3n) is 2.26. The molecule has 0 N–H and O–H groups in total. The highest BCUT2D eigenvalue weighted by molar-refractivity contribution is 7.95. The van der Waals surface area contributed by atoms with Crippen LogP contribution in [0.4, 0.5) is 0 Å². The number of allylic oxidation sites excluding steroid dienone is 2. The quantitative estimate of drug-likeness (QED) is 0.606. The van der Waals surface area contributed by atoms with Crippen LogP contribution in [0.3, 0.4) is 0 Å². The van der Waals surface area contributed by atoms with Crippen molar-refractivity contribution < 1.29 is 8.42 Å². The Hall–Kier alpha value is -0.310. The van der Waals surface area contributed by atoms with E-state index in [1.54, 1.807) is 6.92 Å². The van der Waals surface area contributed by atoms with Crippen LogP contribution in [-0.4, -0.2) is 14.2 Å². The number of sulfone groups is 1. The number of hydrogen-bond donors (Lipinski definition) is 0. The van der Waals surface area contributed by atoms with E-state index < -0.39 is 9.84 Å². The number of hydrogen-bond acceptors (Lipinski definition) is 2. The fourth-order valence-corrected chi connectivity index (χ4v) is 3.00. The first-order valence-electron chi connectivity index (χ1n) is 3.87. The Morgan fingerprint density at radius 1 is 1.36 bits per heavy atom. The summed E-state index contributed by atoms with van der Waals surface area (Å²) >= 11 is 0. The molecule has 1 aliphatic heterocycles. The summed E-state index contributed by atoms with van der Waals surface area (Å²) in [7, 11) is -2.84. The highest BCUT2D eigenvalue weighted by atomic mass is 32.2. The molecule has 0 saturated heterocycles. The standard InChI is InChI=1S/C8H14O2S/c1-6(2)8-4-5-11(9,10)7(8)3/h6H,4-5H2,1-3H3. The second-order valence-electron chi connectivity index (χ2n) is 3.30. The van der Waals surface area contributed by atoms with Gasteiger partial charge in [0.1, 0.15) is 0 Å². The first kappa shape index (κ1) is 8.78. The predicted molar refractivity (Wildman–Crippen MR) is 45.9 cm³/mol. The fourth-order valence-electron chi connectivity index (χ4n) is 1.47. The van der Waals surface area contributed by atoms with E-state index in [1.165, 1.54) is 0 Å².